The van der Waals surface area contributed by atoms with Gasteiger partial charge in [-0.15, -0.1) is 0 Å². The second kappa shape index (κ2) is 6.11. The van der Waals surface area contributed by atoms with Crippen molar-refractivity contribution in [3.63, 3.8) is 0 Å². The molecular weight excluding hydrogens is 252 g/mol. The Morgan fingerprint density at radius 2 is 2.33 bits per heavy atom. The van der Waals surface area contributed by atoms with Gasteiger partial charge in [0.25, 0.3) is 0 Å². The minimum absolute atomic E-state index is 0.0687. The third-order valence-electron chi connectivity index (χ3n) is 3.15. The zero-order valence-corrected chi connectivity index (χ0v) is 11.2. The lowest BCUT2D eigenvalue weighted by Crippen LogP contribution is -2.41. The third kappa shape index (κ3) is 3.40. The Kier molecular flexibility index (Phi) is 4.49. The number of likely N-dealkylation sites (tertiary alicyclic amines) is 1. The van der Waals surface area contributed by atoms with Crippen LogP contribution >= 0.6 is 11.6 Å². The van der Waals surface area contributed by atoms with Crippen molar-refractivity contribution in [1.29, 1.82) is 0 Å². The highest BCUT2D eigenvalue weighted by Gasteiger charge is 2.23. The molecule has 1 atom stereocenters. The number of piperidine rings is 1. The van der Waals surface area contributed by atoms with E-state index in [0.29, 0.717) is 17.4 Å². The summed E-state index contributed by atoms with van der Waals surface area (Å²) in [6.45, 7) is 2.23. The molecule has 0 radical (unpaired) electrons. The molecule has 0 unspecified atom stereocenters. The van der Waals surface area contributed by atoms with E-state index >= 15 is 0 Å². The summed E-state index contributed by atoms with van der Waals surface area (Å²) in [6, 6.07) is 0. The van der Waals surface area contributed by atoms with Crippen molar-refractivity contribution in [3.05, 3.63) is 23.2 Å². The Bertz CT molecular complexity index is 426. The number of halogens is 1. The van der Waals surface area contributed by atoms with Crippen molar-refractivity contribution in [2.75, 3.05) is 20.1 Å². The predicted molar refractivity (Wildman–Crippen MR) is 69.1 cm³/mol. The highest BCUT2D eigenvalue weighted by atomic mass is 35.5. The fourth-order valence-electron chi connectivity index (χ4n) is 2.16. The number of carbonyl (C=O) groups excluding carboxylic acids is 1. The van der Waals surface area contributed by atoms with Crippen molar-refractivity contribution in [2.24, 2.45) is 5.92 Å². The molecule has 1 aromatic heterocycles. The van der Waals surface area contributed by atoms with Crippen LogP contribution in [0.25, 0.3) is 0 Å². The highest BCUT2D eigenvalue weighted by Crippen LogP contribution is 2.15. The zero-order valence-electron chi connectivity index (χ0n) is 10.4. The van der Waals surface area contributed by atoms with Crippen LogP contribution in [-0.2, 0) is 11.3 Å². The van der Waals surface area contributed by atoms with Gasteiger partial charge in [-0.25, -0.2) is 4.98 Å². The first-order chi connectivity index (χ1) is 8.66. The number of hydrogen-bond acceptors (Lipinski definition) is 4. The lowest BCUT2D eigenvalue weighted by molar-refractivity contribution is -0.126. The maximum absolute atomic E-state index is 12.0. The molecule has 0 bridgehead atoms. The van der Waals surface area contributed by atoms with Crippen LogP contribution in [0.15, 0.2) is 12.4 Å². The van der Waals surface area contributed by atoms with Gasteiger partial charge < -0.3 is 10.2 Å². The number of carbonyl (C=O) groups is 1. The molecule has 1 aliphatic rings. The Balaban J connectivity index is 1.86. The van der Waals surface area contributed by atoms with E-state index in [1.165, 1.54) is 6.20 Å². The average molecular weight is 269 g/mol. The number of amides is 1. The Labute approximate surface area is 112 Å². The van der Waals surface area contributed by atoms with Gasteiger partial charge in [0.1, 0.15) is 0 Å². The third-order valence-corrected chi connectivity index (χ3v) is 3.46. The monoisotopic (exact) mass is 268 g/mol. The van der Waals surface area contributed by atoms with Crippen LogP contribution in [0.5, 0.6) is 0 Å². The van der Waals surface area contributed by atoms with Crippen molar-refractivity contribution in [3.8, 4) is 0 Å². The quantitative estimate of drug-likeness (QED) is 0.892. The van der Waals surface area contributed by atoms with Gasteiger partial charge in [-0.2, -0.15) is 0 Å². The van der Waals surface area contributed by atoms with E-state index in [1.807, 2.05) is 7.05 Å². The minimum Gasteiger partial charge on any atom is -0.350 e. The molecule has 6 heteroatoms. The van der Waals surface area contributed by atoms with Gasteiger partial charge in [-0.1, -0.05) is 11.6 Å². The lowest BCUT2D eigenvalue weighted by atomic mass is 9.97. The van der Waals surface area contributed by atoms with Crippen LogP contribution in [0.3, 0.4) is 0 Å². The molecule has 5 nitrogen and oxygen atoms in total. The van der Waals surface area contributed by atoms with E-state index in [4.69, 9.17) is 11.6 Å². The molecule has 18 heavy (non-hydrogen) atoms. The average Bonchev–Trinajstić information content (AvgIpc) is 2.37. The first-order valence-electron chi connectivity index (χ1n) is 6.08. The summed E-state index contributed by atoms with van der Waals surface area (Å²) in [5.41, 5.74) is 0.608. The van der Waals surface area contributed by atoms with Gasteiger partial charge >= 0.3 is 0 Å². The Morgan fingerprint density at radius 3 is 3.06 bits per heavy atom. The van der Waals surface area contributed by atoms with Crippen LogP contribution in [0.1, 0.15) is 18.5 Å². The molecule has 98 valence electrons. The van der Waals surface area contributed by atoms with Crippen LogP contribution in [0, 0.1) is 5.92 Å². The van der Waals surface area contributed by atoms with Crippen LogP contribution in [-0.4, -0.2) is 40.9 Å². The van der Waals surface area contributed by atoms with Crippen molar-refractivity contribution in [1.82, 2.24) is 20.2 Å². The number of aromatic nitrogens is 2. The minimum atomic E-state index is 0.0687. The summed E-state index contributed by atoms with van der Waals surface area (Å²) in [4.78, 5) is 22.2. The van der Waals surface area contributed by atoms with Gasteiger partial charge in [-0.05, 0) is 26.4 Å². The van der Waals surface area contributed by atoms with Gasteiger partial charge in [0.15, 0.2) is 5.15 Å². The van der Waals surface area contributed by atoms with E-state index in [0.717, 1.165) is 25.9 Å². The summed E-state index contributed by atoms with van der Waals surface area (Å²) < 4.78 is 0. The molecule has 1 amide bonds. The van der Waals surface area contributed by atoms with Crippen molar-refractivity contribution in [2.45, 2.75) is 19.4 Å². The lowest BCUT2D eigenvalue weighted by Gasteiger charge is -2.28. The molecule has 1 aliphatic heterocycles. The van der Waals surface area contributed by atoms with Crippen LogP contribution in [0.4, 0.5) is 0 Å². The first-order valence-corrected chi connectivity index (χ1v) is 6.46. The summed E-state index contributed by atoms with van der Waals surface area (Å²) >= 11 is 5.88. The van der Waals surface area contributed by atoms with E-state index in [9.17, 15) is 4.79 Å². The van der Waals surface area contributed by atoms with Gasteiger partial charge in [-0.3, -0.25) is 9.78 Å². The maximum atomic E-state index is 12.0. The maximum Gasteiger partial charge on any atom is 0.224 e. The molecule has 1 N–H and O–H groups in total. The standard InChI is InChI=1S/C12H17ClN4O/c1-17-6-2-3-9(8-17)12(18)16-7-10-11(13)15-5-4-14-10/h4-5,9H,2-3,6-8H2,1H3,(H,16,18)/t9-/m1/s1. The first kappa shape index (κ1) is 13.2. The number of hydrogen-bond donors (Lipinski definition) is 1. The second-order valence-corrected chi connectivity index (χ2v) is 4.97. The number of rotatable bonds is 3. The fourth-order valence-corrected chi connectivity index (χ4v) is 2.34. The normalized spacial score (nSPS) is 20.7. The highest BCUT2D eigenvalue weighted by molar-refractivity contribution is 6.29. The predicted octanol–water partition coefficient (Wildman–Crippen LogP) is 1.09. The smallest absolute Gasteiger partial charge is 0.224 e. The molecule has 0 spiro atoms. The molecule has 0 saturated carbocycles. The largest absolute Gasteiger partial charge is 0.350 e. The Hall–Kier alpha value is -1.20. The van der Waals surface area contributed by atoms with Crippen molar-refractivity contribution >= 4 is 17.5 Å². The topological polar surface area (TPSA) is 58.1 Å². The number of nitrogens with one attached hydrogen (secondary N) is 1. The second-order valence-electron chi connectivity index (χ2n) is 4.61. The summed E-state index contributed by atoms with van der Waals surface area (Å²) in [5, 5.41) is 3.22. The molecular formula is C12H17ClN4O. The fraction of sp³-hybridized carbons (Fsp3) is 0.583. The van der Waals surface area contributed by atoms with Gasteiger partial charge in [0, 0.05) is 18.9 Å². The van der Waals surface area contributed by atoms with E-state index < -0.39 is 0 Å². The van der Waals surface area contributed by atoms with E-state index in [-0.39, 0.29) is 11.8 Å². The van der Waals surface area contributed by atoms with Crippen LogP contribution in [0.2, 0.25) is 5.15 Å². The molecule has 0 aromatic carbocycles. The summed E-state index contributed by atoms with van der Waals surface area (Å²) in [5.74, 6) is 0.141. The zero-order chi connectivity index (χ0) is 13.0. The van der Waals surface area contributed by atoms with E-state index in [1.54, 1.807) is 6.20 Å². The molecule has 1 fully saturated rings. The van der Waals surface area contributed by atoms with Crippen molar-refractivity contribution < 1.29 is 4.79 Å². The molecule has 1 aromatic rings. The van der Waals surface area contributed by atoms with E-state index in [2.05, 4.69) is 20.2 Å². The molecule has 2 rings (SSSR count). The molecule has 2 heterocycles. The SMILES string of the molecule is CN1CCC[C@@H](C(=O)NCc2nccnc2Cl)C1. The summed E-state index contributed by atoms with van der Waals surface area (Å²) in [6.07, 6.45) is 5.12. The van der Waals surface area contributed by atoms with Crippen LogP contribution < -0.4 is 5.32 Å². The Morgan fingerprint density at radius 1 is 1.56 bits per heavy atom. The summed E-state index contributed by atoms with van der Waals surface area (Å²) in [7, 11) is 2.04. The van der Waals surface area contributed by atoms with Gasteiger partial charge in [0.2, 0.25) is 5.91 Å². The molecule has 1 saturated heterocycles. The molecule has 0 aliphatic carbocycles. The van der Waals surface area contributed by atoms with Gasteiger partial charge in [0.05, 0.1) is 18.2 Å². The number of nitrogens with zero attached hydrogens (tertiary/aromatic N) is 3.